The van der Waals surface area contributed by atoms with Crippen molar-refractivity contribution in [1.29, 1.82) is 0 Å². The molecular weight excluding hydrogens is 290 g/mol. The first kappa shape index (κ1) is 15.3. The fourth-order valence-corrected chi connectivity index (χ4v) is 2.76. The van der Waals surface area contributed by atoms with E-state index in [1.54, 1.807) is 12.5 Å². The summed E-state index contributed by atoms with van der Waals surface area (Å²) < 4.78 is 0. The maximum Gasteiger partial charge on any atom is 0.237 e. The Bertz CT molecular complexity index is 777. The fourth-order valence-electron chi connectivity index (χ4n) is 2.76. The third-order valence-electron chi connectivity index (χ3n) is 3.92. The smallest absolute Gasteiger partial charge is 0.237 e. The number of benzene rings is 1. The van der Waals surface area contributed by atoms with Crippen LogP contribution in [0.4, 0.5) is 0 Å². The van der Waals surface area contributed by atoms with Crippen LogP contribution in [0.25, 0.3) is 10.9 Å². The quantitative estimate of drug-likeness (QED) is 0.555. The molecule has 0 saturated heterocycles. The number of nitrogens with zero attached hydrogens (tertiary/aromatic N) is 1. The molecule has 3 rings (SSSR count). The number of amides is 1. The van der Waals surface area contributed by atoms with Crippen molar-refractivity contribution in [2.24, 2.45) is 5.73 Å². The molecule has 6 nitrogen and oxygen atoms in total. The zero-order valence-electron chi connectivity index (χ0n) is 13.0. The van der Waals surface area contributed by atoms with Gasteiger partial charge in [0, 0.05) is 41.5 Å². The van der Waals surface area contributed by atoms with Crippen LogP contribution in [0.15, 0.2) is 43.0 Å². The molecule has 2 heterocycles. The minimum absolute atomic E-state index is 0.00882. The molecule has 2 atom stereocenters. The highest BCUT2D eigenvalue weighted by Crippen LogP contribution is 2.19. The first-order valence-corrected chi connectivity index (χ1v) is 7.71. The lowest BCUT2D eigenvalue weighted by Crippen LogP contribution is -2.46. The summed E-state index contributed by atoms with van der Waals surface area (Å²) in [6.45, 7) is 1.99. The molecule has 0 aliphatic rings. The van der Waals surface area contributed by atoms with E-state index in [2.05, 4.69) is 26.3 Å². The molecule has 0 aliphatic heterocycles. The highest BCUT2D eigenvalue weighted by molar-refractivity contribution is 5.84. The van der Waals surface area contributed by atoms with Crippen molar-refractivity contribution in [3.63, 3.8) is 0 Å². The van der Waals surface area contributed by atoms with Gasteiger partial charge in [-0.2, -0.15) is 0 Å². The number of carbonyl (C=O) groups excluding carboxylic acids is 1. The molecule has 1 amide bonds. The number of nitrogens with two attached hydrogens (primary N) is 1. The molecule has 0 fully saturated rings. The van der Waals surface area contributed by atoms with Gasteiger partial charge in [0.15, 0.2) is 0 Å². The second-order valence-electron chi connectivity index (χ2n) is 5.86. The number of aromatic amines is 2. The molecule has 5 N–H and O–H groups in total. The number of imidazole rings is 1. The lowest BCUT2D eigenvalue weighted by Gasteiger charge is -2.17. The monoisotopic (exact) mass is 311 g/mol. The zero-order chi connectivity index (χ0) is 16.2. The summed E-state index contributed by atoms with van der Waals surface area (Å²) in [7, 11) is 0. The molecule has 0 spiro atoms. The van der Waals surface area contributed by atoms with E-state index < -0.39 is 6.04 Å². The summed E-state index contributed by atoms with van der Waals surface area (Å²) in [6.07, 6.45) is 6.47. The predicted octanol–water partition coefficient (Wildman–Crippen LogP) is 1.51. The lowest BCUT2D eigenvalue weighted by molar-refractivity contribution is -0.122. The van der Waals surface area contributed by atoms with E-state index in [-0.39, 0.29) is 11.9 Å². The number of nitrogens with one attached hydrogen (secondary N) is 3. The van der Waals surface area contributed by atoms with Gasteiger partial charge in [0.05, 0.1) is 12.4 Å². The molecule has 3 aromatic rings. The van der Waals surface area contributed by atoms with Gasteiger partial charge in [0.1, 0.15) is 0 Å². The summed E-state index contributed by atoms with van der Waals surface area (Å²) in [5.41, 5.74) is 9.11. The second-order valence-corrected chi connectivity index (χ2v) is 5.86. The standard InChI is InChI=1S/C17H21N5O/c1-11(6-12-8-20-16-5-3-2-4-14(12)16)22-17(23)15(18)7-13-9-19-10-21-13/h2-5,8-11,15,20H,6-7,18H2,1H3,(H,19,21)(H,22,23). The summed E-state index contributed by atoms with van der Waals surface area (Å²) in [5, 5.41) is 4.17. The van der Waals surface area contributed by atoms with Crippen molar-refractivity contribution in [2.45, 2.75) is 31.8 Å². The Morgan fingerprint density at radius 2 is 2.13 bits per heavy atom. The Hall–Kier alpha value is -2.60. The third kappa shape index (κ3) is 3.60. The van der Waals surface area contributed by atoms with Crippen LogP contribution in [0.1, 0.15) is 18.2 Å². The first-order chi connectivity index (χ1) is 11.1. The van der Waals surface area contributed by atoms with Gasteiger partial charge in [0.25, 0.3) is 0 Å². The van der Waals surface area contributed by atoms with E-state index in [1.165, 1.54) is 10.9 Å². The van der Waals surface area contributed by atoms with Crippen LogP contribution >= 0.6 is 0 Å². The minimum atomic E-state index is -0.583. The molecular formula is C17H21N5O. The van der Waals surface area contributed by atoms with Crippen molar-refractivity contribution in [1.82, 2.24) is 20.3 Å². The number of hydrogen-bond donors (Lipinski definition) is 4. The van der Waals surface area contributed by atoms with Crippen LogP contribution < -0.4 is 11.1 Å². The van der Waals surface area contributed by atoms with Crippen molar-refractivity contribution in [2.75, 3.05) is 0 Å². The summed E-state index contributed by atoms with van der Waals surface area (Å²) in [4.78, 5) is 22.3. The zero-order valence-corrected chi connectivity index (χ0v) is 13.0. The van der Waals surface area contributed by atoms with Gasteiger partial charge in [-0.1, -0.05) is 18.2 Å². The van der Waals surface area contributed by atoms with E-state index in [9.17, 15) is 4.79 Å². The molecule has 23 heavy (non-hydrogen) atoms. The Labute approximate surface area is 134 Å². The highest BCUT2D eigenvalue weighted by atomic mass is 16.2. The van der Waals surface area contributed by atoms with Gasteiger partial charge in [-0.3, -0.25) is 4.79 Å². The summed E-state index contributed by atoms with van der Waals surface area (Å²) in [6, 6.07) is 7.57. The topological polar surface area (TPSA) is 99.6 Å². The average molecular weight is 311 g/mol. The SMILES string of the molecule is CC(Cc1c[nH]c2ccccc12)NC(=O)C(N)Cc1cnc[nH]1. The van der Waals surface area contributed by atoms with Crippen LogP contribution in [0.5, 0.6) is 0 Å². The van der Waals surface area contributed by atoms with Crippen LogP contribution in [0, 0.1) is 0 Å². The Balaban J connectivity index is 1.58. The second kappa shape index (κ2) is 6.66. The number of aromatic nitrogens is 3. The Morgan fingerprint density at radius 3 is 2.91 bits per heavy atom. The third-order valence-corrected chi connectivity index (χ3v) is 3.92. The molecule has 0 radical (unpaired) electrons. The highest BCUT2D eigenvalue weighted by Gasteiger charge is 2.17. The van der Waals surface area contributed by atoms with Crippen molar-refractivity contribution in [3.05, 3.63) is 54.2 Å². The van der Waals surface area contributed by atoms with Crippen LogP contribution in [-0.2, 0) is 17.6 Å². The van der Waals surface area contributed by atoms with E-state index in [0.717, 1.165) is 17.6 Å². The molecule has 1 aromatic carbocycles. The number of hydrogen-bond acceptors (Lipinski definition) is 3. The van der Waals surface area contributed by atoms with Gasteiger partial charge in [-0.25, -0.2) is 4.98 Å². The number of rotatable bonds is 6. The van der Waals surface area contributed by atoms with Gasteiger partial charge < -0.3 is 21.0 Å². The molecule has 2 unspecified atom stereocenters. The van der Waals surface area contributed by atoms with Crippen molar-refractivity contribution < 1.29 is 4.79 Å². The normalized spacial score (nSPS) is 13.8. The number of H-pyrrole nitrogens is 2. The first-order valence-electron chi connectivity index (χ1n) is 7.71. The van der Waals surface area contributed by atoms with E-state index >= 15 is 0 Å². The van der Waals surface area contributed by atoms with Gasteiger partial charge >= 0.3 is 0 Å². The maximum absolute atomic E-state index is 12.2. The predicted molar refractivity (Wildman–Crippen MR) is 89.9 cm³/mol. The molecule has 0 saturated carbocycles. The summed E-state index contributed by atoms with van der Waals surface area (Å²) in [5.74, 6) is -0.146. The largest absolute Gasteiger partial charge is 0.361 e. The average Bonchev–Trinajstić information content (AvgIpc) is 3.17. The van der Waals surface area contributed by atoms with E-state index in [1.807, 2.05) is 31.3 Å². The number of carbonyl (C=O) groups is 1. The van der Waals surface area contributed by atoms with E-state index in [0.29, 0.717) is 6.42 Å². The molecule has 2 aromatic heterocycles. The van der Waals surface area contributed by atoms with Crippen LogP contribution in [0.3, 0.4) is 0 Å². The van der Waals surface area contributed by atoms with Gasteiger partial charge in [-0.05, 0) is 25.0 Å². The van der Waals surface area contributed by atoms with Gasteiger partial charge in [-0.15, -0.1) is 0 Å². The maximum atomic E-state index is 12.2. The Kier molecular flexibility index (Phi) is 4.43. The van der Waals surface area contributed by atoms with Gasteiger partial charge in [0.2, 0.25) is 5.91 Å². The van der Waals surface area contributed by atoms with E-state index in [4.69, 9.17) is 5.73 Å². The fraction of sp³-hybridized carbons (Fsp3) is 0.294. The summed E-state index contributed by atoms with van der Waals surface area (Å²) >= 11 is 0. The molecule has 0 aliphatic carbocycles. The minimum Gasteiger partial charge on any atom is -0.361 e. The number of para-hydroxylation sites is 1. The van der Waals surface area contributed by atoms with Crippen LogP contribution in [-0.4, -0.2) is 32.9 Å². The van der Waals surface area contributed by atoms with Crippen LogP contribution in [0.2, 0.25) is 0 Å². The number of fused-ring (bicyclic) bond motifs is 1. The Morgan fingerprint density at radius 1 is 1.30 bits per heavy atom. The van der Waals surface area contributed by atoms with Crippen molar-refractivity contribution in [3.8, 4) is 0 Å². The molecule has 6 heteroatoms. The molecule has 120 valence electrons. The van der Waals surface area contributed by atoms with Crippen molar-refractivity contribution >= 4 is 16.8 Å². The molecule has 0 bridgehead atoms. The lowest BCUT2D eigenvalue weighted by atomic mass is 10.1.